The maximum atomic E-state index is 13.1. The van der Waals surface area contributed by atoms with Crippen LogP contribution in [0.25, 0.3) is 22.3 Å². The van der Waals surface area contributed by atoms with Crippen LogP contribution in [0.3, 0.4) is 0 Å². The number of benzene rings is 2. The molecule has 0 bridgehead atoms. The van der Waals surface area contributed by atoms with Crippen LogP contribution in [0.1, 0.15) is 5.56 Å². The van der Waals surface area contributed by atoms with Crippen LogP contribution in [0, 0.1) is 0 Å². The summed E-state index contributed by atoms with van der Waals surface area (Å²) >= 11 is 0. The van der Waals surface area contributed by atoms with Crippen molar-refractivity contribution >= 4 is 11.0 Å². The van der Waals surface area contributed by atoms with Crippen LogP contribution in [-0.4, -0.2) is 20.3 Å². The summed E-state index contributed by atoms with van der Waals surface area (Å²) < 4.78 is 23.0. The molecule has 0 saturated carbocycles. The fourth-order valence-corrected chi connectivity index (χ4v) is 3.12. The zero-order valence-electron chi connectivity index (χ0n) is 17.0. The third kappa shape index (κ3) is 4.30. The van der Waals surface area contributed by atoms with Gasteiger partial charge in [-0.1, -0.05) is 31.4 Å². The molecule has 0 N–H and O–H groups in total. The normalized spacial score (nSPS) is 10.4. The van der Waals surface area contributed by atoms with Crippen LogP contribution in [0.2, 0.25) is 0 Å². The minimum absolute atomic E-state index is 0.207. The van der Waals surface area contributed by atoms with E-state index < -0.39 is 0 Å². The zero-order chi connectivity index (χ0) is 21.5. The van der Waals surface area contributed by atoms with Gasteiger partial charge in [-0.05, 0) is 30.7 Å². The molecule has 0 radical (unpaired) electrons. The van der Waals surface area contributed by atoms with Crippen molar-refractivity contribution in [3.63, 3.8) is 0 Å². The Balaban J connectivity index is 2.25. The smallest absolute Gasteiger partial charge is 0.197 e. The molecule has 0 saturated heterocycles. The van der Waals surface area contributed by atoms with Gasteiger partial charge < -0.3 is 18.6 Å². The summed E-state index contributed by atoms with van der Waals surface area (Å²) in [5.74, 6) is 2.13. The summed E-state index contributed by atoms with van der Waals surface area (Å²) in [5, 5.41) is 0.358. The molecule has 154 valence electrons. The molecule has 0 unspecified atom stereocenters. The summed E-state index contributed by atoms with van der Waals surface area (Å²) in [4.78, 5) is 13.1. The maximum Gasteiger partial charge on any atom is 0.197 e. The van der Waals surface area contributed by atoms with Crippen molar-refractivity contribution in [2.24, 2.45) is 0 Å². The van der Waals surface area contributed by atoms with E-state index in [0.717, 1.165) is 16.9 Å². The van der Waals surface area contributed by atoms with E-state index >= 15 is 0 Å². The number of allylic oxidation sites excluding steroid dienone is 1. The lowest BCUT2D eigenvalue weighted by atomic mass is 10.0. The fraction of sp³-hybridized carbons (Fsp3) is 0.160. The van der Waals surface area contributed by atoms with E-state index in [4.69, 9.17) is 18.6 Å². The van der Waals surface area contributed by atoms with Crippen molar-refractivity contribution in [2.45, 2.75) is 6.42 Å². The molecule has 0 amide bonds. The average Bonchev–Trinajstić information content (AvgIpc) is 2.77. The second-order valence-corrected chi connectivity index (χ2v) is 6.45. The zero-order valence-corrected chi connectivity index (χ0v) is 17.0. The first-order valence-corrected chi connectivity index (χ1v) is 9.49. The molecule has 0 spiro atoms. The second-order valence-electron chi connectivity index (χ2n) is 6.45. The van der Waals surface area contributed by atoms with Crippen molar-refractivity contribution in [1.82, 2.24) is 0 Å². The average molecular weight is 404 g/mol. The molecule has 3 rings (SSSR count). The molecule has 5 nitrogen and oxygen atoms in total. The lowest BCUT2D eigenvalue weighted by Crippen LogP contribution is -2.09. The highest BCUT2D eigenvalue weighted by atomic mass is 16.5. The van der Waals surface area contributed by atoms with E-state index in [0.29, 0.717) is 41.3 Å². The van der Waals surface area contributed by atoms with Crippen LogP contribution < -0.4 is 19.6 Å². The SMILES string of the molecule is C=CCOc1cc2oc(-c3ccc(OC)cc3)cc(=O)c2c(OCC=C)c1CC=C. The number of fused-ring (bicyclic) bond motifs is 1. The van der Waals surface area contributed by atoms with Gasteiger partial charge in [-0.3, -0.25) is 4.79 Å². The number of rotatable bonds is 10. The Bertz CT molecular complexity index is 1120. The summed E-state index contributed by atoms with van der Waals surface area (Å²) in [6.45, 7) is 11.7. The van der Waals surface area contributed by atoms with Gasteiger partial charge in [-0.2, -0.15) is 0 Å². The van der Waals surface area contributed by atoms with Crippen molar-refractivity contribution in [3.05, 3.63) is 90.1 Å². The molecular formula is C25H24O5. The largest absolute Gasteiger partial charge is 0.497 e. The Morgan fingerprint density at radius 1 is 0.967 bits per heavy atom. The van der Waals surface area contributed by atoms with E-state index in [1.807, 2.05) is 24.3 Å². The highest BCUT2D eigenvalue weighted by Crippen LogP contribution is 2.38. The highest BCUT2D eigenvalue weighted by Gasteiger charge is 2.20. The van der Waals surface area contributed by atoms with Gasteiger partial charge in [0.1, 0.15) is 47.2 Å². The Labute approximate surface area is 175 Å². The van der Waals surface area contributed by atoms with Crippen molar-refractivity contribution in [3.8, 4) is 28.6 Å². The van der Waals surface area contributed by atoms with Gasteiger partial charge >= 0.3 is 0 Å². The minimum atomic E-state index is -0.207. The first-order chi connectivity index (χ1) is 14.6. The van der Waals surface area contributed by atoms with Gasteiger partial charge in [-0.15, -0.1) is 6.58 Å². The topological polar surface area (TPSA) is 57.9 Å². The van der Waals surface area contributed by atoms with Gasteiger partial charge in [0.2, 0.25) is 0 Å². The van der Waals surface area contributed by atoms with Crippen LogP contribution >= 0.6 is 0 Å². The van der Waals surface area contributed by atoms with Gasteiger partial charge in [-0.25, -0.2) is 0 Å². The molecule has 0 aliphatic carbocycles. The molecule has 1 aromatic heterocycles. The van der Waals surface area contributed by atoms with Crippen molar-refractivity contribution < 1.29 is 18.6 Å². The third-order valence-corrected chi connectivity index (χ3v) is 4.46. The monoisotopic (exact) mass is 404 g/mol. The summed E-state index contributed by atoms with van der Waals surface area (Å²) in [6.07, 6.45) is 5.47. The van der Waals surface area contributed by atoms with Crippen molar-refractivity contribution in [1.29, 1.82) is 0 Å². The molecule has 5 heteroatoms. The van der Waals surface area contributed by atoms with Crippen LogP contribution in [0.5, 0.6) is 17.2 Å². The first-order valence-electron chi connectivity index (χ1n) is 9.49. The second kappa shape index (κ2) is 9.65. The Kier molecular flexibility index (Phi) is 6.75. The number of hydrogen-bond donors (Lipinski definition) is 0. The molecular weight excluding hydrogens is 380 g/mol. The number of methoxy groups -OCH3 is 1. The molecule has 0 fully saturated rings. The van der Waals surface area contributed by atoms with E-state index in [2.05, 4.69) is 19.7 Å². The minimum Gasteiger partial charge on any atom is -0.497 e. The van der Waals surface area contributed by atoms with Gasteiger partial charge in [0.05, 0.1) is 7.11 Å². The lowest BCUT2D eigenvalue weighted by Gasteiger charge is -2.17. The fourth-order valence-electron chi connectivity index (χ4n) is 3.12. The number of hydrogen-bond acceptors (Lipinski definition) is 5. The van der Waals surface area contributed by atoms with Crippen LogP contribution in [0.4, 0.5) is 0 Å². The Morgan fingerprint density at radius 3 is 2.30 bits per heavy atom. The van der Waals surface area contributed by atoms with Gasteiger partial charge in [0.15, 0.2) is 5.43 Å². The summed E-state index contributed by atoms with van der Waals surface area (Å²) in [5.41, 5.74) is 1.65. The van der Waals surface area contributed by atoms with E-state index in [1.165, 1.54) is 6.07 Å². The molecule has 2 aromatic carbocycles. The van der Waals surface area contributed by atoms with Crippen LogP contribution in [0.15, 0.2) is 83.6 Å². The Morgan fingerprint density at radius 2 is 1.67 bits per heavy atom. The summed E-state index contributed by atoms with van der Waals surface area (Å²) in [7, 11) is 1.60. The highest BCUT2D eigenvalue weighted by molar-refractivity contribution is 5.88. The molecule has 0 aliphatic rings. The molecule has 0 atom stereocenters. The summed E-state index contributed by atoms with van der Waals surface area (Å²) in [6, 6.07) is 10.5. The standard InChI is InChI=1S/C25H24O5/c1-5-8-19-22(28-13-6-2)16-23-24(25(19)29-14-7-3)20(26)15-21(30-23)17-9-11-18(27-4)12-10-17/h5-7,9-12,15-16H,1-3,8,13-14H2,4H3. The molecule has 30 heavy (non-hydrogen) atoms. The Hall–Kier alpha value is -3.73. The van der Waals surface area contributed by atoms with Crippen molar-refractivity contribution in [2.75, 3.05) is 20.3 Å². The first kappa shape index (κ1) is 21.0. The molecule has 0 aliphatic heterocycles. The third-order valence-electron chi connectivity index (χ3n) is 4.46. The predicted octanol–water partition coefficient (Wildman–Crippen LogP) is 5.33. The van der Waals surface area contributed by atoms with E-state index in [1.54, 1.807) is 31.4 Å². The lowest BCUT2D eigenvalue weighted by molar-refractivity contribution is 0.341. The molecule has 3 aromatic rings. The van der Waals surface area contributed by atoms with E-state index in [9.17, 15) is 4.79 Å². The maximum absolute atomic E-state index is 13.1. The molecule has 1 heterocycles. The van der Waals surface area contributed by atoms with Crippen LogP contribution in [-0.2, 0) is 6.42 Å². The quantitative estimate of drug-likeness (QED) is 0.428. The number of ether oxygens (including phenoxy) is 3. The predicted molar refractivity (Wildman–Crippen MR) is 120 cm³/mol. The van der Waals surface area contributed by atoms with E-state index in [-0.39, 0.29) is 12.0 Å². The van der Waals surface area contributed by atoms with Gasteiger partial charge in [0, 0.05) is 23.3 Å². The van der Waals surface area contributed by atoms with Gasteiger partial charge in [0.25, 0.3) is 0 Å².